The van der Waals surface area contributed by atoms with Gasteiger partial charge in [-0.05, 0) is 65.8 Å². The first-order valence-corrected chi connectivity index (χ1v) is 10.7. The molecule has 0 bridgehead atoms. The van der Waals surface area contributed by atoms with Gasteiger partial charge in [0, 0.05) is 22.1 Å². The maximum Gasteiger partial charge on any atom is 0.573 e. The molecule has 0 aromatic heterocycles. The van der Waals surface area contributed by atoms with E-state index in [1.54, 1.807) is 24.3 Å². The molecule has 6 heteroatoms. The second-order valence-corrected chi connectivity index (χ2v) is 7.83. The molecule has 4 aromatic rings. The second kappa shape index (κ2) is 10.0. The van der Waals surface area contributed by atoms with Crippen molar-refractivity contribution in [1.82, 2.24) is 0 Å². The van der Waals surface area contributed by atoms with E-state index in [4.69, 9.17) is 0 Å². The van der Waals surface area contributed by atoms with Gasteiger partial charge in [-0.15, -0.1) is 19.8 Å². The Morgan fingerprint density at radius 3 is 2.23 bits per heavy atom. The van der Waals surface area contributed by atoms with Gasteiger partial charge in [0.05, 0.1) is 0 Å². The number of fused-ring (bicyclic) bond motifs is 1. The van der Waals surface area contributed by atoms with Gasteiger partial charge in [-0.3, -0.25) is 0 Å². The Morgan fingerprint density at radius 2 is 1.54 bits per heavy atom. The summed E-state index contributed by atoms with van der Waals surface area (Å²) in [5.41, 5.74) is 2.91. The van der Waals surface area contributed by atoms with E-state index in [9.17, 15) is 17.6 Å². The van der Waals surface area contributed by atoms with Gasteiger partial charge in [0.2, 0.25) is 0 Å². The molecule has 0 fully saturated rings. The predicted molar refractivity (Wildman–Crippen MR) is 127 cm³/mol. The molecule has 0 aliphatic heterocycles. The van der Waals surface area contributed by atoms with Crippen molar-refractivity contribution in [3.05, 3.63) is 114 Å². The molecule has 0 saturated carbocycles. The van der Waals surface area contributed by atoms with Gasteiger partial charge >= 0.3 is 6.36 Å². The summed E-state index contributed by atoms with van der Waals surface area (Å²) < 4.78 is 70.0. The van der Waals surface area contributed by atoms with E-state index in [0.717, 1.165) is 30.5 Å². The van der Waals surface area contributed by atoms with Crippen LogP contribution in [0.5, 0.6) is 5.75 Å². The summed E-state index contributed by atoms with van der Waals surface area (Å²) >= 11 is 0. The van der Waals surface area contributed by atoms with Gasteiger partial charge in [-0.2, -0.15) is 0 Å². The number of hydrogen-bond donors (Lipinski definition) is 0. The van der Waals surface area contributed by atoms with Crippen LogP contribution in [0.1, 0.15) is 23.1 Å². The first-order chi connectivity index (χ1) is 16.7. The van der Waals surface area contributed by atoms with Crippen LogP contribution in [-0.2, 0) is 6.42 Å². The minimum atomic E-state index is -5.02. The Kier molecular flexibility index (Phi) is 6.88. The lowest BCUT2D eigenvalue weighted by Crippen LogP contribution is -2.17. The quantitative estimate of drug-likeness (QED) is 0.160. The molecule has 1 nitrogen and oxygen atoms in total. The number of ether oxygens (including phenoxy) is 1. The second-order valence-electron chi connectivity index (χ2n) is 7.83. The summed E-state index contributed by atoms with van der Waals surface area (Å²) in [6.07, 6.45) is -1.31. The van der Waals surface area contributed by atoms with Gasteiger partial charge < -0.3 is 4.74 Å². The Bertz CT molecular complexity index is 1440. The molecule has 4 aromatic carbocycles. The van der Waals surface area contributed by atoms with Gasteiger partial charge in [0.15, 0.2) is 11.6 Å². The van der Waals surface area contributed by atoms with Crippen LogP contribution in [0.15, 0.2) is 85.5 Å². The van der Waals surface area contributed by atoms with Crippen LogP contribution in [-0.4, -0.2) is 6.36 Å². The summed E-state index contributed by atoms with van der Waals surface area (Å²) in [7, 11) is 0. The van der Waals surface area contributed by atoms with Gasteiger partial charge in [0.25, 0.3) is 0 Å². The van der Waals surface area contributed by atoms with Crippen molar-refractivity contribution in [1.29, 1.82) is 0 Å². The van der Waals surface area contributed by atoms with E-state index in [1.165, 1.54) is 17.7 Å². The number of allylic oxidation sites excluding steroid dienone is 1. The third-order valence-electron chi connectivity index (χ3n) is 5.36. The normalized spacial score (nSPS) is 11.1. The Balaban J connectivity index is 1.58. The molecule has 176 valence electrons. The summed E-state index contributed by atoms with van der Waals surface area (Å²) in [6.45, 7) is 3.72. The molecule has 0 heterocycles. The molecule has 0 atom stereocenters. The first kappa shape index (κ1) is 24.0. The average Bonchev–Trinajstić information content (AvgIpc) is 2.83. The van der Waals surface area contributed by atoms with Gasteiger partial charge in [-0.25, -0.2) is 8.78 Å². The number of rotatable bonds is 5. The fourth-order valence-corrected chi connectivity index (χ4v) is 3.64. The lowest BCUT2D eigenvalue weighted by Gasteiger charge is -2.12. The third kappa shape index (κ3) is 5.88. The lowest BCUT2D eigenvalue weighted by atomic mass is 9.98. The van der Waals surface area contributed by atoms with Crippen LogP contribution in [0.2, 0.25) is 0 Å². The molecule has 0 N–H and O–H groups in total. The number of hydrogen-bond acceptors (Lipinski definition) is 1. The van der Waals surface area contributed by atoms with Crippen LogP contribution in [0.3, 0.4) is 0 Å². The molecule has 0 aliphatic carbocycles. The lowest BCUT2D eigenvalue weighted by molar-refractivity contribution is -0.275. The van der Waals surface area contributed by atoms with Gasteiger partial charge in [0.1, 0.15) is 5.82 Å². The summed E-state index contributed by atoms with van der Waals surface area (Å²) in [6, 6.07) is 18.9. The molecule has 4 rings (SSSR count). The SMILES string of the molecule is C=CCCc1ccc(C#Cc2ccc3c(F)c(-c4ccc(OC(F)(F)F)c(F)c4)ccc3c2)cc1. The number of halogens is 5. The Hall–Kier alpha value is -4.11. The molecule has 0 aliphatic rings. The highest BCUT2D eigenvalue weighted by Crippen LogP contribution is 2.33. The Morgan fingerprint density at radius 1 is 0.829 bits per heavy atom. The number of aryl methyl sites for hydroxylation is 1. The monoisotopic (exact) mass is 478 g/mol. The maximum absolute atomic E-state index is 15.2. The molecule has 0 unspecified atom stereocenters. The smallest absolute Gasteiger partial charge is 0.403 e. The van der Waals surface area contributed by atoms with Crippen LogP contribution >= 0.6 is 0 Å². The summed E-state index contributed by atoms with van der Waals surface area (Å²) in [5, 5.41) is 0.881. The topological polar surface area (TPSA) is 9.23 Å². The van der Waals surface area contributed by atoms with Crippen LogP contribution in [0.4, 0.5) is 22.0 Å². The summed E-state index contributed by atoms with van der Waals surface area (Å²) in [5.74, 6) is 3.34. The molecule has 0 radical (unpaired) electrons. The van der Waals surface area contributed by atoms with Crippen molar-refractivity contribution in [2.75, 3.05) is 0 Å². The molecule has 0 spiro atoms. The van der Waals surface area contributed by atoms with E-state index in [2.05, 4.69) is 23.2 Å². The fourth-order valence-electron chi connectivity index (χ4n) is 3.64. The van der Waals surface area contributed by atoms with Crippen molar-refractivity contribution in [2.45, 2.75) is 19.2 Å². The van der Waals surface area contributed by atoms with E-state index in [-0.39, 0.29) is 16.5 Å². The highest BCUT2D eigenvalue weighted by atomic mass is 19.4. The van der Waals surface area contributed by atoms with Crippen molar-refractivity contribution in [2.24, 2.45) is 0 Å². The highest BCUT2D eigenvalue weighted by molar-refractivity contribution is 5.89. The van der Waals surface area contributed by atoms with Crippen LogP contribution < -0.4 is 4.74 Å². The van der Waals surface area contributed by atoms with Crippen LogP contribution in [0, 0.1) is 23.5 Å². The van der Waals surface area contributed by atoms with Crippen molar-refractivity contribution in [3.63, 3.8) is 0 Å². The van der Waals surface area contributed by atoms with E-state index >= 15 is 4.39 Å². The molecular weight excluding hydrogens is 459 g/mol. The standard InChI is InChI=1S/C29H19F5O/c1-2-3-4-19-5-7-20(8-6-19)9-10-21-11-14-24-22(17-21)12-15-25(28(24)31)23-13-16-27(26(30)18-23)35-29(32,33)34/h2,5-8,11-18H,1,3-4H2. The molecule has 35 heavy (non-hydrogen) atoms. The molecule has 0 amide bonds. The predicted octanol–water partition coefficient (Wildman–Crippen LogP) is 8.20. The maximum atomic E-state index is 15.2. The van der Waals surface area contributed by atoms with Crippen LogP contribution in [0.25, 0.3) is 21.9 Å². The number of benzene rings is 4. The number of alkyl halides is 3. The first-order valence-electron chi connectivity index (χ1n) is 10.7. The van der Waals surface area contributed by atoms with Gasteiger partial charge in [-0.1, -0.05) is 54.3 Å². The zero-order chi connectivity index (χ0) is 25.0. The van der Waals surface area contributed by atoms with E-state index < -0.39 is 23.7 Å². The van der Waals surface area contributed by atoms with E-state index in [0.29, 0.717) is 10.9 Å². The largest absolute Gasteiger partial charge is 0.573 e. The average molecular weight is 478 g/mol. The third-order valence-corrected chi connectivity index (χ3v) is 5.36. The molecular formula is C29H19F5O. The minimum absolute atomic E-state index is 0.0605. The van der Waals surface area contributed by atoms with Crippen molar-refractivity contribution < 1.29 is 26.7 Å². The summed E-state index contributed by atoms with van der Waals surface area (Å²) in [4.78, 5) is 0. The highest BCUT2D eigenvalue weighted by Gasteiger charge is 2.32. The Labute approximate surface area is 199 Å². The van der Waals surface area contributed by atoms with Crippen molar-refractivity contribution >= 4 is 10.8 Å². The molecule has 0 saturated heterocycles. The zero-order valence-electron chi connectivity index (χ0n) is 18.4. The fraction of sp³-hybridized carbons (Fsp3) is 0.103. The zero-order valence-corrected chi connectivity index (χ0v) is 18.4. The van der Waals surface area contributed by atoms with E-state index in [1.807, 2.05) is 30.3 Å². The van der Waals surface area contributed by atoms with Crippen molar-refractivity contribution in [3.8, 4) is 28.7 Å². The minimum Gasteiger partial charge on any atom is -0.403 e.